The van der Waals surface area contributed by atoms with E-state index in [0.717, 1.165) is 11.1 Å². The van der Waals surface area contributed by atoms with E-state index in [1.807, 2.05) is 6.07 Å². The standard InChI is InChI=1S/C16H10N8/c1-14(11-2-17-8-18-3-11)23-16(13-6-21-10-22-7-13)24-15(1)12-4-19-9-20-5-12/h1-10H. The van der Waals surface area contributed by atoms with E-state index in [1.165, 1.54) is 19.0 Å². The Kier molecular flexibility index (Phi) is 3.61. The van der Waals surface area contributed by atoms with Crippen LogP contribution in [0, 0.1) is 0 Å². The summed E-state index contributed by atoms with van der Waals surface area (Å²) in [5.41, 5.74) is 3.69. The van der Waals surface area contributed by atoms with Gasteiger partial charge in [-0.2, -0.15) is 0 Å². The Morgan fingerprint density at radius 2 is 0.833 bits per heavy atom. The van der Waals surface area contributed by atoms with Crippen LogP contribution in [0.2, 0.25) is 0 Å². The normalized spacial score (nSPS) is 10.5. The summed E-state index contributed by atoms with van der Waals surface area (Å²) in [6.07, 6.45) is 14.5. The van der Waals surface area contributed by atoms with Crippen LogP contribution in [0.1, 0.15) is 0 Å². The quantitative estimate of drug-likeness (QED) is 0.564. The first kappa shape index (κ1) is 13.9. The van der Waals surface area contributed by atoms with Crippen LogP contribution < -0.4 is 0 Å². The van der Waals surface area contributed by atoms with Crippen LogP contribution in [0.4, 0.5) is 0 Å². The molecule has 0 spiro atoms. The first-order chi connectivity index (χ1) is 11.9. The van der Waals surface area contributed by atoms with Crippen molar-refractivity contribution < 1.29 is 0 Å². The van der Waals surface area contributed by atoms with Gasteiger partial charge in [0.15, 0.2) is 5.82 Å². The highest BCUT2D eigenvalue weighted by molar-refractivity contribution is 5.69. The molecule has 0 aromatic carbocycles. The summed E-state index contributed by atoms with van der Waals surface area (Å²) in [5.74, 6) is 0.510. The summed E-state index contributed by atoms with van der Waals surface area (Å²) in [5, 5.41) is 0. The van der Waals surface area contributed by atoms with Crippen molar-refractivity contribution >= 4 is 0 Å². The molecule has 4 heterocycles. The van der Waals surface area contributed by atoms with Gasteiger partial charge in [-0.1, -0.05) is 0 Å². The third-order valence-electron chi connectivity index (χ3n) is 3.26. The van der Waals surface area contributed by atoms with E-state index in [9.17, 15) is 0 Å². The summed E-state index contributed by atoms with van der Waals surface area (Å²) in [7, 11) is 0. The van der Waals surface area contributed by atoms with Crippen molar-refractivity contribution in [1.29, 1.82) is 0 Å². The van der Waals surface area contributed by atoms with Gasteiger partial charge in [0.05, 0.1) is 17.0 Å². The van der Waals surface area contributed by atoms with Crippen LogP contribution in [0.25, 0.3) is 33.9 Å². The molecular formula is C16H10N8. The molecule has 8 heteroatoms. The molecular weight excluding hydrogens is 304 g/mol. The zero-order valence-electron chi connectivity index (χ0n) is 12.4. The van der Waals surface area contributed by atoms with Gasteiger partial charge in [-0.3, -0.25) is 0 Å². The van der Waals surface area contributed by atoms with Gasteiger partial charge < -0.3 is 0 Å². The molecule has 8 nitrogen and oxygen atoms in total. The first-order valence-electron chi connectivity index (χ1n) is 7.05. The van der Waals surface area contributed by atoms with Gasteiger partial charge in [0, 0.05) is 48.3 Å². The molecule has 0 radical (unpaired) electrons. The van der Waals surface area contributed by atoms with Gasteiger partial charge in [-0.15, -0.1) is 0 Å². The van der Waals surface area contributed by atoms with Gasteiger partial charge in [-0.05, 0) is 6.07 Å². The van der Waals surface area contributed by atoms with Gasteiger partial charge in [0.25, 0.3) is 0 Å². The van der Waals surface area contributed by atoms with Crippen LogP contribution in [-0.2, 0) is 0 Å². The zero-order valence-corrected chi connectivity index (χ0v) is 12.4. The minimum Gasteiger partial charge on any atom is -0.244 e. The lowest BCUT2D eigenvalue weighted by Gasteiger charge is -2.07. The minimum atomic E-state index is 0.510. The summed E-state index contributed by atoms with van der Waals surface area (Å²) < 4.78 is 0. The third kappa shape index (κ3) is 2.80. The molecule has 0 aliphatic carbocycles. The molecule has 0 unspecified atom stereocenters. The van der Waals surface area contributed by atoms with Crippen LogP contribution >= 0.6 is 0 Å². The summed E-state index contributed by atoms with van der Waals surface area (Å²) in [6, 6.07) is 1.85. The van der Waals surface area contributed by atoms with Crippen molar-refractivity contribution in [2.45, 2.75) is 0 Å². The molecule has 0 aliphatic rings. The number of hydrogen-bond donors (Lipinski definition) is 0. The van der Waals surface area contributed by atoms with E-state index in [2.05, 4.69) is 39.9 Å². The SMILES string of the molecule is c1ncc(-c2cc(-c3cncnc3)nc(-c3cncnc3)n2)cn1. The lowest BCUT2D eigenvalue weighted by molar-refractivity contribution is 1.11. The average Bonchev–Trinajstić information content (AvgIpc) is 2.70. The highest BCUT2D eigenvalue weighted by Gasteiger charge is 2.11. The highest BCUT2D eigenvalue weighted by Crippen LogP contribution is 2.25. The van der Waals surface area contributed by atoms with Crippen molar-refractivity contribution in [1.82, 2.24) is 39.9 Å². The third-order valence-corrected chi connectivity index (χ3v) is 3.26. The Hall–Kier alpha value is -3.68. The molecule has 4 rings (SSSR count). The molecule has 0 aliphatic heterocycles. The molecule has 0 amide bonds. The summed E-state index contributed by atoms with van der Waals surface area (Å²) >= 11 is 0. The fraction of sp³-hybridized carbons (Fsp3) is 0. The van der Waals surface area contributed by atoms with Crippen LogP contribution in [-0.4, -0.2) is 39.9 Å². The largest absolute Gasteiger partial charge is 0.244 e. The van der Waals surface area contributed by atoms with Gasteiger partial charge in [-0.25, -0.2) is 39.9 Å². The molecule has 24 heavy (non-hydrogen) atoms. The maximum atomic E-state index is 4.59. The number of hydrogen-bond acceptors (Lipinski definition) is 8. The number of rotatable bonds is 3. The van der Waals surface area contributed by atoms with Crippen molar-refractivity contribution in [3.63, 3.8) is 0 Å². The smallest absolute Gasteiger partial charge is 0.163 e. The second-order valence-electron chi connectivity index (χ2n) is 4.84. The molecule has 0 saturated heterocycles. The van der Waals surface area contributed by atoms with Gasteiger partial charge in [0.1, 0.15) is 19.0 Å². The monoisotopic (exact) mass is 314 g/mol. The summed E-state index contributed by atoms with van der Waals surface area (Å²) in [6.45, 7) is 0. The van der Waals surface area contributed by atoms with Crippen molar-refractivity contribution in [2.24, 2.45) is 0 Å². The van der Waals surface area contributed by atoms with E-state index < -0.39 is 0 Å². The Balaban J connectivity index is 1.92. The topological polar surface area (TPSA) is 103 Å². The van der Waals surface area contributed by atoms with E-state index in [1.54, 1.807) is 37.2 Å². The van der Waals surface area contributed by atoms with Crippen LogP contribution in [0.5, 0.6) is 0 Å². The van der Waals surface area contributed by atoms with E-state index in [0.29, 0.717) is 22.8 Å². The predicted octanol–water partition coefficient (Wildman–Crippen LogP) is 1.85. The van der Waals surface area contributed by atoms with Crippen molar-refractivity contribution in [3.05, 3.63) is 62.2 Å². The first-order valence-corrected chi connectivity index (χ1v) is 7.05. The Morgan fingerprint density at radius 3 is 1.25 bits per heavy atom. The van der Waals surface area contributed by atoms with Crippen molar-refractivity contribution in [2.75, 3.05) is 0 Å². The fourth-order valence-corrected chi connectivity index (χ4v) is 2.15. The van der Waals surface area contributed by atoms with E-state index >= 15 is 0 Å². The Bertz CT molecular complexity index is 806. The molecule has 4 aromatic rings. The maximum Gasteiger partial charge on any atom is 0.163 e. The second kappa shape index (κ2) is 6.21. The molecule has 0 bridgehead atoms. The molecule has 0 N–H and O–H groups in total. The summed E-state index contributed by atoms with van der Waals surface area (Å²) in [4.78, 5) is 33.4. The fourth-order valence-electron chi connectivity index (χ4n) is 2.15. The number of aromatic nitrogens is 8. The van der Waals surface area contributed by atoms with Gasteiger partial charge in [0.2, 0.25) is 0 Å². The molecule has 114 valence electrons. The molecule has 0 atom stereocenters. The second-order valence-corrected chi connectivity index (χ2v) is 4.84. The maximum absolute atomic E-state index is 4.59. The highest BCUT2D eigenvalue weighted by atomic mass is 14.9. The molecule has 0 fully saturated rings. The Labute approximate surface area is 136 Å². The van der Waals surface area contributed by atoms with Crippen molar-refractivity contribution in [3.8, 4) is 33.9 Å². The molecule has 0 saturated carbocycles. The number of nitrogens with zero attached hydrogens (tertiary/aromatic N) is 8. The zero-order chi connectivity index (χ0) is 16.2. The Morgan fingerprint density at radius 1 is 0.458 bits per heavy atom. The average molecular weight is 314 g/mol. The molecule has 4 aromatic heterocycles. The lowest BCUT2D eigenvalue weighted by atomic mass is 10.1. The predicted molar refractivity (Wildman–Crippen MR) is 85.1 cm³/mol. The van der Waals surface area contributed by atoms with Crippen LogP contribution in [0.3, 0.4) is 0 Å². The van der Waals surface area contributed by atoms with E-state index in [4.69, 9.17) is 0 Å². The van der Waals surface area contributed by atoms with E-state index in [-0.39, 0.29) is 0 Å². The van der Waals surface area contributed by atoms with Gasteiger partial charge >= 0.3 is 0 Å². The lowest BCUT2D eigenvalue weighted by Crippen LogP contribution is -1.97. The van der Waals surface area contributed by atoms with Crippen LogP contribution in [0.15, 0.2) is 62.2 Å². The minimum absolute atomic E-state index is 0.510.